The number of unbranched alkanes of at least 4 members (excludes halogenated alkanes) is 1. The van der Waals surface area contributed by atoms with Crippen molar-refractivity contribution in [3.63, 3.8) is 0 Å². The van der Waals surface area contributed by atoms with Crippen molar-refractivity contribution >= 4 is 0 Å². The standard InChI is InChI=1S/C13H20FNO/c1-11(2)15-9-3-4-10-16-13-7-5-12(14)6-8-13/h5-8,11,15H,3-4,9-10H2,1-2H3. The summed E-state index contributed by atoms with van der Waals surface area (Å²) in [7, 11) is 0. The topological polar surface area (TPSA) is 21.3 Å². The smallest absolute Gasteiger partial charge is 0.123 e. The summed E-state index contributed by atoms with van der Waals surface area (Å²) in [6, 6.07) is 6.67. The SMILES string of the molecule is CC(C)NCCCCOc1ccc(F)cc1. The van der Waals surface area contributed by atoms with E-state index in [4.69, 9.17) is 4.74 Å². The van der Waals surface area contributed by atoms with E-state index in [-0.39, 0.29) is 5.82 Å². The maximum absolute atomic E-state index is 12.6. The molecule has 0 spiro atoms. The predicted molar refractivity (Wildman–Crippen MR) is 64.3 cm³/mol. The van der Waals surface area contributed by atoms with Crippen molar-refractivity contribution in [2.75, 3.05) is 13.2 Å². The number of nitrogens with one attached hydrogen (secondary N) is 1. The van der Waals surface area contributed by atoms with Gasteiger partial charge in [0, 0.05) is 6.04 Å². The van der Waals surface area contributed by atoms with Gasteiger partial charge < -0.3 is 10.1 Å². The van der Waals surface area contributed by atoms with Gasteiger partial charge in [-0.25, -0.2) is 4.39 Å². The molecule has 0 aliphatic carbocycles. The minimum atomic E-state index is -0.228. The molecule has 0 aliphatic rings. The molecule has 0 aromatic heterocycles. The van der Waals surface area contributed by atoms with Crippen molar-refractivity contribution in [1.82, 2.24) is 5.32 Å². The van der Waals surface area contributed by atoms with Crippen LogP contribution in [-0.4, -0.2) is 19.2 Å². The van der Waals surface area contributed by atoms with E-state index in [0.29, 0.717) is 12.6 Å². The highest BCUT2D eigenvalue weighted by Gasteiger charge is 1.95. The first-order chi connectivity index (χ1) is 7.68. The lowest BCUT2D eigenvalue weighted by molar-refractivity contribution is 0.304. The van der Waals surface area contributed by atoms with Crippen LogP contribution >= 0.6 is 0 Å². The molecule has 0 saturated heterocycles. The molecular formula is C13H20FNO. The molecule has 1 rings (SSSR count). The second-order valence-electron chi connectivity index (χ2n) is 4.12. The lowest BCUT2D eigenvalue weighted by Gasteiger charge is -2.08. The lowest BCUT2D eigenvalue weighted by atomic mass is 10.3. The number of halogens is 1. The summed E-state index contributed by atoms with van der Waals surface area (Å²) in [5, 5.41) is 3.35. The lowest BCUT2D eigenvalue weighted by Crippen LogP contribution is -2.23. The summed E-state index contributed by atoms with van der Waals surface area (Å²) in [5.74, 6) is 0.506. The van der Waals surface area contributed by atoms with Crippen LogP contribution in [0.5, 0.6) is 5.75 Å². The minimum absolute atomic E-state index is 0.228. The third kappa shape index (κ3) is 5.71. The van der Waals surface area contributed by atoms with Gasteiger partial charge in [0.15, 0.2) is 0 Å². The molecule has 0 radical (unpaired) electrons. The van der Waals surface area contributed by atoms with Crippen LogP contribution in [0.2, 0.25) is 0 Å². The third-order valence-corrected chi connectivity index (χ3v) is 2.21. The minimum Gasteiger partial charge on any atom is -0.494 e. The van der Waals surface area contributed by atoms with E-state index in [9.17, 15) is 4.39 Å². The van der Waals surface area contributed by atoms with E-state index in [2.05, 4.69) is 19.2 Å². The second kappa shape index (κ2) is 7.23. The molecule has 0 heterocycles. The van der Waals surface area contributed by atoms with E-state index < -0.39 is 0 Å². The van der Waals surface area contributed by atoms with Crippen LogP contribution in [0.4, 0.5) is 4.39 Å². The van der Waals surface area contributed by atoms with Crippen molar-refractivity contribution in [2.24, 2.45) is 0 Å². The maximum Gasteiger partial charge on any atom is 0.123 e. The van der Waals surface area contributed by atoms with Gasteiger partial charge in [0.2, 0.25) is 0 Å². The number of rotatable bonds is 7. The molecule has 16 heavy (non-hydrogen) atoms. The fourth-order valence-electron chi connectivity index (χ4n) is 1.34. The molecule has 0 saturated carbocycles. The number of benzene rings is 1. The summed E-state index contributed by atoms with van der Waals surface area (Å²) in [5.41, 5.74) is 0. The monoisotopic (exact) mass is 225 g/mol. The van der Waals surface area contributed by atoms with Crippen molar-refractivity contribution < 1.29 is 9.13 Å². The molecule has 2 nitrogen and oxygen atoms in total. The molecular weight excluding hydrogens is 205 g/mol. The molecule has 0 bridgehead atoms. The van der Waals surface area contributed by atoms with Gasteiger partial charge in [-0.3, -0.25) is 0 Å². The maximum atomic E-state index is 12.6. The highest BCUT2D eigenvalue weighted by Crippen LogP contribution is 2.11. The van der Waals surface area contributed by atoms with Crippen LogP contribution in [0.1, 0.15) is 26.7 Å². The Morgan fingerprint density at radius 3 is 2.50 bits per heavy atom. The summed E-state index contributed by atoms with van der Waals surface area (Å²) < 4.78 is 18.1. The van der Waals surface area contributed by atoms with E-state index in [1.54, 1.807) is 12.1 Å². The molecule has 0 fully saturated rings. The molecule has 0 aliphatic heterocycles. The van der Waals surface area contributed by atoms with Crippen molar-refractivity contribution in [2.45, 2.75) is 32.7 Å². The Labute approximate surface area is 96.8 Å². The number of ether oxygens (including phenoxy) is 1. The Morgan fingerprint density at radius 2 is 1.88 bits per heavy atom. The Balaban J connectivity index is 2.05. The van der Waals surface area contributed by atoms with E-state index >= 15 is 0 Å². The highest BCUT2D eigenvalue weighted by molar-refractivity contribution is 5.21. The van der Waals surface area contributed by atoms with Gasteiger partial charge in [0.1, 0.15) is 11.6 Å². The summed E-state index contributed by atoms with van der Waals surface area (Å²) in [4.78, 5) is 0. The average Bonchev–Trinajstić information content (AvgIpc) is 2.25. The van der Waals surface area contributed by atoms with Crippen molar-refractivity contribution in [3.8, 4) is 5.75 Å². The van der Waals surface area contributed by atoms with Gasteiger partial charge >= 0.3 is 0 Å². The van der Waals surface area contributed by atoms with Crippen LogP contribution in [0.3, 0.4) is 0 Å². The zero-order chi connectivity index (χ0) is 11.8. The predicted octanol–water partition coefficient (Wildman–Crippen LogP) is 2.98. The van der Waals surface area contributed by atoms with Gasteiger partial charge in [-0.1, -0.05) is 13.8 Å². The molecule has 1 aromatic rings. The Bertz CT molecular complexity index is 284. The largest absolute Gasteiger partial charge is 0.494 e. The normalized spacial score (nSPS) is 10.8. The van der Waals surface area contributed by atoms with Gasteiger partial charge in [-0.15, -0.1) is 0 Å². The van der Waals surface area contributed by atoms with E-state index in [1.165, 1.54) is 12.1 Å². The Hall–Kier alpha value is -1.09. The Morgan fingerprint density at radius 1 is 1.19 bits per heavy atom. The van der Waals surface area contributed by atoms with Gasteiger partial charge in [-0.2, -0.15) is 0 Å². The zero-order valence-electron chi connectivity index (χ0n) is 10.0. The van der Waals surface area contributed by atoms with E-state index in [0.717, 1.165) is 25.1 Å². The van der Waals surface area contributed by atoms with E-state index in [1.807, 2.05) is 0 Å². The summed E-state index contributed by atoms with van der Waals surface area (Å²) >= 11 is 0. The molecule has 90 valence electrons. The molecule has 0 amide bonds. The van der Waals surface area contributed by atoms with Gasteiger partial charge in [0.05, 0.1) is 6.61 Å². The highest BCUT2D eigenvalue weighted by atomic mass is 19.1. The fourth-order valence-corrected chi connectivity index (χ4v) is 1.34. The van der Waals surface area contributed by atoms with Crippen LogP contribution in [0, 0.1) is 5.82 Å². The molecule has 0 atom stereocenters. The summed E-state index contributed by atoms with van der Waals surface area (Å²) in [6.45, 7) is 5.97. The fraction of sp³-hybridized carbons (Fsp3) is 0.538. The first kappa shape index (κ1) is 13.0. The van der Waals surface area contributed by atoms with Crippen LogP contribution in [0.25, 0.3) is 0 Å². The van der Waals surface area contributed by atoms with Crippen molar-refractivity contribution in [1.29, 1.82) is 0 Å². The summed E-state index contributed by atoms with van der Waals surface area (Å²) in [6.07, 6.45) is 2.11. The molecule has 3 heteroatoms. The molecule has 0 unspecified atom stereocenters. The number of hydrogen-bond acceptors (Lipinski definition) is 2. The molecule has 1 N–H and O–H groups in total. The van der Waals surface area contributed by atoms with Crippen LogP contribution in [0.15, 0.2) is 24.3 Å². The van der Waals surface area contributed by atoms with Crippen molar-refractivity contribution in [3.05, 3.63) is 30.1 Å². The van der Waals surface area contributed by atoms with Crippen LogP contribution < -0.4 is 10.1 Å². The second-order valence-corrected chi connectivity index (χ2v) is 4.12. The first-order valence-electron chi connectivity index (χ1n) is 5.80. The Kier molecular flexibility index (Phi) is 5.86. The first-order valence-corrected chi connectivity index (χ1v) is 5.80. The van der Waals surface area contributed by atoms with Crippen LogP contribution in [-0.2, 0) is 0 Å². The van der Waals surface area contributed by atoms with Gasteiger partial charge in [0.25, 0.3) is 0 Å². The quantitative estimate of drug-likeness (QED) is 0.720. The molecule has 1 aromatic carbocycles. The number of hydrogen-bond donors (Lipinski definition) is 1. The zero-order valence-corrected chi connectivity index (χ0v) is 10.0. The van der Waals surface area contributed by atoms with Gasteiger partial charge in [-0.05, 0) is 43.7 Å². The average molecular weight is 225 g/mol. The third-order valence-electron chi connectivity index (χ3n) is 2.21.